The van der Waals surface area contributed by atoms with Crippen molar-refractivity contribution in [2.24, 2.45) is 0 Å². The Morgan fingerprint density at radius 2 is 1.43 bits per heavy atom. The number of aryl methyl sites for hydroxylation is 2. The normalized spacial score (nSPS) is 11.7. The smallest absolute Gasteiger partial charge is 0.216 e. The fraction of sp³-hybridized carbons (Fsp3) is 0.212. The number of aromatic nitrogens is 4. The summed E-state index contributed by atoms with van der Waals surface area (Å²) in [5.41, 5.74) is 13.8. The number of pyridine rings is 2. The molecule has 0 aliphatic rings. The number of hydrogen-bond donors (Lipinski definition) is 0. The van der Waals surface area contributed by atoms with Gasteiger partial charge in [-0.05, 0) is 95.2 Å². The van der Waals surface area contributed by atoms with Gasteiger partial charge >= 0.3 is 0 Å². The van der Waals surface area contributed by atoms with Crippen LogP contribution in [0.1, 0.15) is 61.9 Å². The molecule has 0 N–H and O–H groups in total. The number of rotatable bonds is 7. The Hall–Kier alpha value is -5.53. The van der Waals surface area contributed by atoms with E-state index >= 15 is 4.39 Å². The van der Waals surface area contributed by atoms with Crippen LogP contribution in [0.25, 0.3) is 72.6 Å². The first kappa shape index (κ1) is 42.6. The van der Waals surface area contributed by atoms with Crippen LogP contribution in [0.5, 0.6) is 0 Å². The summed E-state index contributed by atoms with van der Waals surface area (Å²) in [4.78, 5) is 14.1. The molecule has 0 amide bonds. The number of nitrogens with zero attached hydrogens (tertiary/aromatic N) is 4. The number of fused-ring (bicyclic) bond motifs is 4. The summed E-state index contributed by atoms with van der Waals surface area (Å²) in [7, 11) is -1.37. The van der Waals surface area contributed by atoms with E-state index in [1.54, 1.807) is 12.1 Å². The largest absolute Gasteiger partial charge is 0.486 e. The van der Waals surface area contributed by atoms with Crippen LogP contribution in [-0.4, -0.2) is 27.6 Å². The third kappa shape index (κ3) is 8.29. The Kier molecular flexibility index (Phi) is 12.2. The minimum atomic E-state index is -1.37. The Labute approximate surface area is 367 Å². The van der Waals surface area contributed by atoms with E-state index < -0.39 is 8.07 Å². The summed E-state index contributed by atoms with van der Waals surface area (Å²) in [5.74, 6) is 0.775. The van der Waals surface area contributed by atoms with Gasteiger partial charge in [-0.15, -0.1) is 48.0 Å². The summed E-state index contributed by atoms with van der Waals surface area (Å²) >= 11 is 0. The van der Waals surface area contributed by atoms with Crippen LogP contribution in [-0.2, 0) is 20.1 Å². The van der Waals surface area contributed by atoms with E-state index in [9.17, 15) is 0 Å². The first-order valence-electron chi connectivity index (χ1n) is 20.3. The van der Waals surface area contributed by atoms with E-state index in [1.165, 1.54) is 39.1 Å². The SMILES string of the molecule is CC(C)c1cc(-c2ccccc2)cc(C(C)C)c1-n1c(-c2[c-]cccc2F)nc2ccccc21.Cc1ccc2c(n1)oc1c[c-]c(-c3cc(C)c([Si](C)(C)C)cn3)cc12.[Ir]. The molecule has 0 unspecified atom stereocenters. The summed E-state index contributed by atoms with van der Waals surface area (Å²) < 4.78 is 23.0. The second kappa shape index (κ2) is 17.2. The number of hydrogen-bond acceptors (Lipinski definition) is 4. The van der Waals surface area contributed by atoms with Crippen molar-refractivity contribution in [1.82, 2.24) is 19.5 Å². The van der Waals surface area contributed by atoms with Gasteiger partial charge in [0.05, 0.1) is 30.5 Å². The van der Waals surface area contributed by atoms with Gasteiger partial charge in [-0.25, -0.2) is 4.98 Å². The maximum Gasteiger partial charge on any atom is 0.216 e. The van der Waals surface area contributed by atoms with Crippen molar-refractivity contribution in [2.45, 2.75) is 73.0 Å². The second-order valence-electron chi connectivity index (χ2n) is 17.0. The molecule has 1 radical (unpaired) electrons. The van der Waals surface area contributed by atoms with Crippen molar-refractivity contribution >= 4 is 46.4 Å². The van der Waals surface area contributed by atoms with Crippen molar-refractivity contribution in [3.8, 4) is 39.5 Å². The number of halogens is 1. The number of imidazole rings is 1. The average Bonchev–Trinajstić information content (AvgIpc) is 3.78. The quantitative estimate of drug-likeness (QED) is 0.118. The third-order valence-corrected chi connectivity index (χ3v) is 13.1. The molecule has 5 aromatic carbocycles. The molecular weight excluding hydrogens is 936 g/mol. The van der Waals surface area contributed by atoms with E-state index in [0.29, 0.717) is 17.1 Å². The van der Waals surface area contributed by atoms with Crippen LogP contribution in [0, 0.1) is 31.8 Å². The standard InChI is InChI=1S/C31H28FN2.C21H21N2OSi.Ir/c1-20(2)25-18-23(22-12-6-5-7-13-22)19-26(21(3)4)30(25)34-29-17-11-10-16-28(29)33-31(34)24-14-8-9-15-27(24)32;1-13-10-18(22-12-20(13)25(3,4)5)15-7-9-19-17(11-15)16-8-6-14(2)23-21(16)24-19;/h5-13,15-21H,1-4H3;6,8-12H,1-5H3;/q2*-1;. The molecule has 305 valence electrons. The van der Waals surface area contributed by atoms with Crippen molar-refractivity contribution in [3.05, 3.63) is 162 Å². The first-order valence-corrected chi connectivity index (χ1v) is 23.8. The maximum absolute atomic E-state index is 15.0. The summed E-state index contributed by atoms with van der Waals surface area (Å²) in [5, 5.41) is 3.50. The van der Waals surface area contributed by atoms with E-state index in [2.05, 4.69) is 137 Å². The van der Waals surface area contributed by atoms with Gasteiger partial charge in [-0.2, -0.15) is 0 Å². The number of para-hydroxylation sites is 2. The molecule has 5 nitrogen and oxygen atoms in total. The molecule has 4 heterocycles. The Balaban J connectivity index is 0.000000187. The van der Waals surface area contributed by atoms with Gasteiger partial charge < -0.3 is 14.0 Å². The van der Waals surface area contributed by atoms with E-state index in [-0.39, 0.29) is 37.8 Å². The molecule has 0 bridgehead atoms. The molecule has 8 heteroatoms. The molecule has 0 saturated heterocycles. The number of benzene rings is 5. The molecule has 9 rings (SSSR count). The zero-order chi connectivity index (χ0) is 41.6. The Morgan fingerprint density at radius 1 is 0.733 bits per heavy atom. The average molecular weight is 985 g/mol. The maximum atomic E-state index is 15.0. The van der Waals surface area contributed by atoms with Gasteiger partial charge in [0, 0.05) is 48.9 Å². The van der Waals surface area contributed by atoms with E-state index in [4.69, 9.17) is 14.4 Å². The molecular formula is C52H49FIrN4OSi-2. The monoisotopic (exact) mass is 985 g/mol. The van der Waals surface area contributed by atoms with Gasteiger partial charge in [0.25, 0.3) is 0 Å². The molecule has 0 saturated carbocycles. The van der Waals surface area contributed by atoms with Crippen LogP contribution in [0.3, 0.4) is 0 Å². The fourth-order valence-corrected chi connectivity index (χ4v) is 9.66. The van der Waals surface area contributed by atoms with Crippen LogP contribution >= 0.6 is 0 Å². The molecule has 60 heavy (non-hydrogen) atoms. The Morgan fingerprint density at radius 3 is 2.10 bits per heavy atom. The molecule has 0 spiro atoms. The van der Waals surface area contributed by atoms with E-state index in [0.717, 1.165) is 50.0 Å². The van der Waals surface area contributed by atoms with Gasteiger partial charge in [-0.1, -0.05) is 112 Å². The molecule has 4 aromatic heterocycles. The zero-order valence-electron chi connectivity index (χ0n) is 35.6. The van der Waals surface area contributed by atoms with Gasteiger partial charge in [-0.3, -0.25) is 9.37 Å². The van der Waals surface area contributed by atoms with Gasteiger partial charge in [0.1, 0.15) is 0 Å². The fourth-order valence-electron chi connectivity index (χ4n) is 7.95. The van der Waals surface area contributed by atoms with Crippen molar-refractivity contribution < 1.29 is 28.9 Å². The summed E-state index contributed by atoms with van der Waals surface area (Å²) in [6, 6.07) is 44.6. The van der Waals surface area contributed by atoms with Crippen molar-refractivity contribution in [2.75, 3.05) is 0 Å². The van der Waals surface area contributed by atoms with Gasteiger partial charge in [0.15, 0.2) is 0 Å². The minimum Gasteiger partial charge on any atom is -0.486 e. The predicted octanol–water partition coefficient (Wildman–Crippen LogP) is 13.5. The van der Waals surface area contributed by atoms with Crippen molar-refractivity contribution in [1.29, 1.82) is 0 Å². The molecule has 0 aliphatic heterocycles. The molecule has 9 aromatic rings. The molecule has 0 aliphatic carbocycles. The first-order chi connectivity index (χ1) is 28.3. The predicted molar refractivity (Wildman–Crippen MR) is 245 cm³/mol. The topological polar surface area (TPSA) is 56.7 Å². The second-order valence-corrected chi connectivity index (χ2v) is 22.0. The molecule has 0 fully saturated rings. The molecule has 0 atom stereocenters. The van der Waals surface area contributed by atoms with Crippen molar-refractivity contribution in [3.63, 3.8) is 0 Å². The van der Waals surface area contributed by atoms with Gasteiger partial charge in [0.2, 0.25) is 5.71 Å². The third-order valence-electron chi connectivity index (χ3n) is 10.9. The summed E-state index contributed by atoms with van der Waals surface area (Å²) in [6.45, 7) is 20.0. The Bertz CT molecular complexity index is 2950. The number of furan rings is 1. The van der Waals surface area contributed by atoms with E-state index in [1.807, 2.05) is 49.5 Å². The van der Waals surface area contributed by atoms with Crippen LogP contribution in [0.2, 0.25) is 19.6 Å². The van der Waals surface area contributed by atoms with Crippen LogP contribution < -0.4 is 5.19 Å². The minimum absolute atomic E-state index is 0. The summed E-state index contributed by atoms with van der Waals surface area (Å²) in [6.07, 6.45) is 2.05. The van der Waals surface area contributed by atoms with Crippen LogP contribution in [0.15, 0.2) is 126 Å². The zero-order valence-corrected chi connectivity index (χ0v) is 39.0. The van der Waals surface area contributed by atoms with Crippen LogP contribution in [0.4, 0.5) is 4.39 Å².